The van der Waals surface area contributed by atoms with E-state index < -0.39 is 23.5 Å². The topological polar surface area (TPSA) is 66.8 Å². The van der Waals surface area contributed by atoms with Crippen molar-refractivity contribution in [2.24, 2.45) is 0 Å². The van der Waals surface area contributed by atoms with Crippen LogP contribution in [0.3, 0.4) is 0 Å². The number of fused-ring (bicyclic) bond motifs is 1. The smallest absolute Gasteiger partial charge is 0.410 e. The molecule has 1 aromatic carbocycles. The van der Waals surface area contributed by atoms with Crippen LogP contribution in [0.2, 0.25) is 0 Å². The fourth-order valence-electron chi connectivity index (χ4n) is 2.24. The predicted molar refractivity (Wildman–Crippen MR) is 73.7 cm³/mol. The van der Waals surface area contributed by atoms with Crippen molar-refractivity contribution in [2.75, 3.05) is 6.54 Å². The van der Waals surface area contributed by atoms with Crippen LogP contribution in [0.5, 0.6) is 0 Å². The SMILES string of the molecule is CC(C)(C)OC(=O)N1CCc2ccc(C(=O)O)c(F)c2C1. The molecule has 6 heteroatoms. The highest BCUT2D eigenvalue weighted by molar-refractivity contribution is 5.88. The van der Waals surface area contributed by atoms with Gasteiger partial charge in [0.05, 0.1) is 12.1 Å². The Morgan fingerprint density at radius 2 is 2.00 bits per heavy atom. The summed E-state index contributed by atoms with van der Waals surface area (Å²) in [6.07, 6.45) is -0.0425. The Kier molecular flexibility index (Phi) is 3.89. The Morgan fingerprint density at radius 1 is 1.33 bits per heavy atom. The van der Waals surface area contributed by atoms with E-state index in [4.69, 9.17) is 9.84 Å². The van der Waals surface area contributed by atoms with Crippen molar-refractivity contribution in [3.8, 4) is 0 Å². The van der Waals surface area contributed by atoms with Gasteiger partial charge in [0.1, 0.15) is 11.4 Å². The van der Waals surface area contributed by atoms with Crippen molar-refractivity contribution >= 4 is 12.1 Å². The van der Waals surface area contributed by atoms with Crippen LogP contribution in [-0.4, -0.2) is 34.2 Å². The third-order valence-corrected chi connectivity index (χ3v) is 3.22. The molecule has 0 bridgehead atoms. The maximum Gasteiger partial charge on any atom is 0.410 e. The van der Waals surface area contributed by atoms with E-state index in [-0.39, 0.29) is 17.7 Å². The Balaban J connectivity index is 2.25. The molecular formula is C15H18FNO4. The van der Waals surface area contributed by atoms with E-state index in [0.717, 1.165) is 5.56 Å². The normalized spacial score (nSPS) is 14.6. The highest BCUT2D eigenvalue weighted by Crippen LogP contribution is 2.25. The molecule has 0 fully saturated rings. The minimum absolute atomic E-state index is 0.0250. The Hall–Kier alpha value is -2.11. The van der Waals surface area contributed by atoms with E-state index in [0.29, 0.717) is 13.0 Å². The third-order valence-electron chi connectivity index (χ3n) is 3.22. The van der Waals surface area contributed by atoms with E-state index in [1.54, 1.807) is 26.8 Å². The van der Waals surface area contributed by atoms with Gasteiger partial charge in [0, 0.05) is 12.1 Å². The summed E-state index contributed by atoms with van der Waals surface area (Å²) < 4.78 is 19.5. The van der Waals surface area contributed by atoms with Gasteiger partial charge >= 0.3 is 12.1 Å². The molecule has 0 spiro atoms. The monoisotopic (exact) mass is 295 g/mol. The molecule has 1 aliphatic rings. The van der Waals surface area contributed by atoms with Crippen LogP contribution in [0.1, 0.15) is 42.3 Å². The quantitative estimate of drug-likeness (QED) is 0.865. The largest absolute Gasteiger partial charge is 0.478 e. The molecule has 2 rings (SSSR count). The summed E-state index contributed by atoms with van der Waals surface area (Å²) in [5.41, 5.74) is -0.0113. The number of benzene rings is 1. The van der Waals surface area contributed by atoms with Gasteiger partial charge in [0.25, 0.3) is 0 Å². The lowest BCUT2D eigenvalue weighted by Crippen LogP contribution is -2.40. The zero-order valence-corrected chi connectivity index (χ0v) is 12.3. The van der Waals surface area contributed by atoms with Crippen molar-refractivity contribution in [3.63, 3.8) is 0 Å². The molecule has 21 heavy (non-hydrogen) atoms. The molecule has 1 N–H and O–H groups in total. The summed E-state index contributed by atoms with van der Waals surface area (Å²) in [4.78, 5) is 24.4. The van der Waals surface area contributed by atoms with E-state index >= 15 is 0 Å². The fraction of sp³-hybridized carbons (Fsp3) is 0.467. The number of hydrogen-bond acceptors (Lipinski definition) is 3. The highest BCUT2D eigenvalue weighted by atomic mass is 19.1. The zero-order valence-electron chi connectivity index (χ0n) is 12.3. The van der Waals surface area contributed by atoms with Crippen LogP contribution >= 0.6 is 0 Å². The highest BCUT2D eigenvalue weighted by Gasteiger charge is 2.28. The molecule has 0 aliphatic carbocycles. The average Bonchev–Trinajstić information content (AvgIpc) is 2.36. The molecule has 0 saturated carbocycles. The van der Waals surface area contributed by atoms with Crippen molar-refractivity contribution in [1.82, 2.24) is 4.90 Å². The van der Waals surface area contributed by atoms with Gasteiger partial charge in [0.2, 0.25) is 0 Å². The molecule has 0 unspecified atom stereocenters. The number of amides is 1. The minimum atomic E-state index is -1.32. The molecule has 114 valence electrons. The minimum Gasteiger partial charge on any atom is -0.478 e. The van der Waals surface area contributed by atoms with E-state index in [2.05, 4.69) is 0 Å². The lowest BCUT2D eigenvalue weighted by atomic mass is 9.96. The number of halogens is 1. The first-order chi connectivity index (χ1) is 9.69. The van der Waals surface area contributed by atoms with Crippen molar-refractivity contribution < 1.29 is 23.8 Å². The molecule has 0 atom stereocenters. The summed E-state index contributed by atoms with van der Waals surface area (Å²) in [6, 6.07) is 2.87. The first-order valence-corrected chi connectivity index (χ1v) is 6.70. The van der Waals surface area contributed by atoms with Gasteiger partial charge in [-0.05, 0) is 38.8 Å². The van der Waals surface area contributed by atoms with E-state index in [1.807, 2.05) is 0 Å². The van der Waals surface area contributed by atoms with Crippen molar-refractivity contribution in [1.29, 1.82) is 0 Å². The first-order valence-electron chi connectivity index (χ1n) is 6.70. The summed E-state index contributed by atoms with van der Waals surface area (Å²) in [6.45, 7) is 5.72. The Bertz CT molecular complexity index is 592. The van der Waals surface area contributed by atoms with Crippen LogP contribution in [-0.2, 0) is 17.7 Å². The number of hydrogen-bond donors (Lipinski definition) is 1. The second-order valence-corrected chi connectivity index (χ2v) is 6.02. The van der Waals surface area contributed by atoms with Gasteiger partial charge in [-0.2, -0.15) is 0 Å². The molecule has 1 heterocycles. The zero-order chi connectivity index (χ0) is 15.8. The number of ether oxygens (including phenoxy) is 1. The predicted octanol–water partition coefficient (Wildman–Crippen LogP) is 2.82. The van der Waals surface area contributed by atoms with Gasteiger partial charge in [0.15, 0.2) is 0 Å². The van der Waals surface area contributed by atoms with Crippen LogP contribution in [0.15, 0.2) is 12.1 Å². The molecule has 1 aliphatic heterocycles. The molecular weight excluding hydrogens is 277 g/mol. The second kappa shape index (κ2) is 5.35. The van der Waals surface area contributed by atoms with E-state index in [9.17, 15) is 14.0 Å². The number of carbonyl (C=O) groups is 2. The van der Waals surface area contributed by atoms with Crippen LogP contribution in [0, 0.1) is 5.82 Å². The van der Waals surface area contributed by atoms with Crippen molar-refractivity contribution in [3.05, 3.63) is 34.6 Å². The molecule has 5 nitrogen and oxygen atoms in total. The number of carbonyl (C=O) groups excluding carboxylic acids is 1. The number of aromatic carboxylic acids is 1. The molecule has 0 aromatic heterocycles. The standard InChI is InChI=1S/C15H18FNO4/c1-15(2,3)21-14(20)17-7-6-9-4-5-10(13(18)19)12(16)11(9)8-17/h4-5H,6-8H2,1-3H3,(H,18,19). The maximum absolute atomic E-state index is 14.2. The van der Waals surface area contributed by atoms with E-state index in [1.165, 1.54) is 11.0 Å². The number of rotatable bonds is 1. The second-order valence-electron chi connectivity index (χ2n) is 6.02. The summed E-state index contributed by atoms with van der Waals surface area (Å²) >= 11 is 0. The summed E-state index contributed by atoms with van der Waals surface area (Å²) in [5.74, 6) is -2.09. The van der Waals surface area contributed by atoms with Gasteiger partial charge in [-0.25, -0.2) is 14.0 Å². The third kappa shape index (κ3) is 3.32. The molecule has 0 saturated heterocycles. The molecule has 1 aromatic rings. The van der Waals surface area contributed by atoms with Gasteiger partial charge in [-0.1, -0.05) is 6.07 Å². The summed E-state index contributed by atoms with van der Waals surface area (Å²) in [7, 11) is 0. The van der Waals surface area contributed by atoms with Gasteiger partial charge in [-0.3, -0.25) is 0 Å². The van der Waals surface area contributed by atoms with Crippen LogP contribution in [0.25, 0.3) is 0 Å². The van der Waals surface area contributed by atoms with Gasteiger partial charge < -0.3 is 14.7 Å². The number of nitrogens with zero attached hydrogens (tertiary/aromatic N) is 1. The molecule has 0 radical (unpaired) electrons. The van der Waals surface area contributed by atoms with Gasteiger partial charge in [-0.15, -0.1) is 0 Å². The maximum atomic E-state index is 14.2. The lowest BCUT2D eigenvalue weighted by Gasteiger charge is -2.31. The lowest BCUT2D eigenvalue weighted by molar-refractivity contribution is 0.0222. The average molecular weight is 295 g/mol. The number of carboxylic acid groups (broad SMARTS) is 1. The fourth-order valence-corrected chi connectivity index (χ4v) is 2.24. The van der Waals surface area contributed by atoms with Crippen molar-refractivity contribution in [2.45, 2.75) is 39.3 Å². The Labute approximate surface area is 122 Å². The number of carboxylic acids is 1. The van der Waals surface area contributed by atoms with Crippen LogP contribution in [0.4, 0.5) is 9.18 Å². The van der Waals surface area contributed by atoms with Crippen LogP contribution < -0.4 is 0 Å². The molecule has 1 amide bonds. The Morgan fingerprint density at radius 3 is 2.57 bits per heavy atom. The summed E-state index contributed by atoms with van der Waals surface area (Å²) in [5, 5.41) is 8.95. The first kappa shape index (κ1) is 15.3.